The molecule has 0 bridgehead atoms. The first-order valence-electron chi connectivity index (χ1n) is 5.96. The Hall–Kier alpha value is -2.07. The van der Waals surface area contributed by atoms with Crippen molar-refractivity contribution in [1.29, 1.82) is 0 Å². The average molecular weight is 275 g/mol. The summed E-state index contributed by atoms with van der Waals surface area (Å²) in [7, 11) is 0. The second-order valence-electron chi connectivity index (χ2n) is 4.00. The van der Waals surface area contributed by atoms with E-state index < -0.39 is 0 Å². The monoisotopic (exact) mass is 274 g/mol. The Morgan fingerprint density at radius 1 is 1.21 bits per heavy atom. The second kappa shape index (κ2) is 6.75. The predicted octanol–water partition coefficient (Wildman–Crippen LogP) is 2.70. The molecule has 3 N–H and O–H groups in total. The molecule has 2 rings (SSSR count). The number of aliphatic imine (C=N–C) groups is 1. The van der Waals surface area contributed by atoms with Crippen molar-refractivity contribution in [1.82, 2.24) is 4.98 Å². The van der Waals surface area contributed by atoms with Crippen LogP contribution in [0.2, 0.25) is 5.15 Å². The van der Waals surface area contributed by atoms with E-state index in [2.05, 4.69) is 15.3 Å². The summed E-state index contributed by atoms with van der Waals surface area (Å²) in [6.07, 6.45) is 2.53. The number of rotatable bonds is 4. The molecule has 4 nitrogen and oxygen atoms in total. The standard InChI is InChI=1S/C14H15ClN4/c15-13-7-6-11(10-18-13)8-9-17-14(16)19-12-4-2-1-3-5-12/h1-7,10H,8-9H2,(H3,16,17,19). The molecular weight excluding hydrogens is 260 g/mol. The zero-order chi connectivity index (χ0) is 13.5. The van der Waals surface area contributed by atoms with Gasteiger partial charge in [0.2, 0.25) is 0 Å². The van der Waals surface area contributed by atoms with Crippen molar-refractivity contribution in [2.75, 3.05) is 11.9 Å². The van der Waals surface area contributed by atoms with Crippen LogP contribution in [0, 0.1) is 0 Å². The minimum atomic E-state index is 0.410. The minimum absolute atomic E-state index is 0.410. The highest BCUT2D eigenvalue weighted by molar-refractivity contribution is 6.29. The SMILES string of the molecule is NC(=NCCc1ccc(Cl)nc1)Nc1ccccc1. The molecule has 1 aromatic carbocycles. The number of halogens is 1. The number of aromatic nitrogens is 1. The molecule has 0 aliphatic rings. The van der Waals surface area contributed by atoms with Crippen LogP contribution in [0.1, 0.15) is 5.56 Å². The third-order valence-corrected chi connectivity index (χ3v) is 2.74. The highest BCUT2D eigenvalue weighted by Gasteiger charge is 1.96. The van der Waals surface area contributed by atoms with Gasteiger partial charge in [0.1, 0.15) is 5.15 Å². The number of nitrogens with one attached hydrogen (secondary N) is 1. The molecule has 0 fully saturated rings. The molecule has 19 heavy (non-hydrogen) atoms. The van der Waals surface area contributed by atoms with Gasteiger partial charge in [-0.05, 0) is 30.2 Å². The maximum Gasteiger partial charge on any atom is 0.193 e. The highest BCUT2D eigenvalue weighted by Crippen LogP contribution is 2.06. The lowest BCUT2D eigenvalue weighted by Gasteiger charge is -2.05. The van der Waals surface area contributed by atoms with Crippen LogP contribution >= 0.6 is 11.6 Å². The quantitative estimate of drug-likeness (QED) is 0.512. The summed E-state index contributed by atoms with van der Waals surface area (Å²) in [6.45, 7) is 0.606. The van der Waals surface area contributed by atoms with Crippen LogP contribution in [-0.4, -0.2) is 17.5 Å². The molecule has 0 spiro atoms. The van der Waals surface area contributed by atoms with Crippen LogP contribution in [0.15, 0.2) is 53.7 Å². The molecule has 98 valence electrons. The van der Waals surface area contributed by atoms with Crippen LogP contribution in [0.5, 0.6) is 0 Å². The van der Waals surface area contributed by atoms with Crippen molar-refractivity contribution in [2.45, 2.75) is 6.42 Å². The van der Waals surface area contributed by atoms with Gasteiger partial charge in [-0.1, -0.05) is 35.9 Å². The molecule has 2 aromatic rings. The Bertz CT molecular complexity index is 537. The van der Waals surface area contributed by atoms with E-state index in [1.54, 1.807) is 12.3 Å². The van der Waals surface area contributed by atoms with E-state index in [1.807, 2.05) is 36.4 Å². The van der Waals surface area contributed by atoms with Gasteiger partial charge in [-0.2, -0.15) is 0 Å². The van der Waals surface area contributed by atoms with Crippen molar-refractivity contribution in [3.63, 3.8) is 0 Å². The molecule has 0 unspecified atom stereocenters. The maximum absolute atomic E-state index is 5.80. The van der Waals surface area contributed by atoms with E-state index >= 15 is 0 Å². The van der Waals surface area contributed by atoms with Crippen LogP contribution in [0.4, 0.5) is 5.69 Å². The number of benzene rings is 1. The van der Waals surface area contributed by atoms with E-state index in [1.165, 1.54) is 0 Å². The molecule has 0 aliphatic carbocycles. The first-order valence-corrected chi connectivity index (χ1v) is 6.34. The summed E-state index contributed by atoms with van der Waals surface area (Å²) in [6, 6.07) is 13.4. The maximum atomic E-state index is 5.80. The largest absolute Gasteiger partial charge is 0.370 e. The van der Waals surface area contributed by atoms with Crippen molar-refractivity contribution >= 4 is 23.2 Å². The van der Waals surface area contributed by atoms with E-state index in [9.17, 15) is 0 Å². The Balaban J connectivity index is 1.83. The smallest absolute Gasteiger partial charge is 0.193 e. The number of nitrogens with zero attached hydrogens (tertiary/aromatic N) is 2. The van der Waals surface area contributed by atoms with E-state index in [-0.39, 0.29) is 0 Å². The summed E-state index contributed by atoms with van der Waals surface area (Å²) >= 11 is 5.72. The number of hydrogen-bond donors (Lipinski definition) is 2. The van der Waals surface area contributed by atoms with Crippen molar-refractivity contribution in [3.8, 4) is 0 Å². The molecule has 0 aliphatic heterocycles. The van der Waals surface area contributed by atoms with Crippen LogP contribution in [0.3, 0.4) is 0 Å². The van der Waals surface area contributed by atoms with Gasteiger partial charge in [0.05, 0.1) is 0 Å². The van der Waals surface area contributed by atoms with Gasteiger partial charge in [0, 0.05) is 18.4 Å². The number of guanidine groups is 1. The Morgan fingerprint density at radius 3 is 2.68 bits per heavy atom. The van der Waals surface area contributed by atoms with Gasteiger partial charge >= 0.3 is 0 Å². The Labute approximate surface area is 117 Å². The summed E-state index contributed by atoms with van der Waals surface area (Å²) in [5.74, 6) is 0.410. The molecule has 1 aromatic heterocycles. The lowest BCUT2D eigenvalue weighted by Crippen LogP contribution is -2.23. The molecule has 5 heteroatoms. The topological polar surface area (TPSA) is 63.3 Å². The van der Waals surface area contributed by atoms with Crippen LogP contribution in [0.25, 0.3) is 0 Å². The fourth-order valence-corrected chi connectivity index (χ4v) is 1.68. The summed E-state index contributed by atoms with van der Waals surface area (Å²) in [5, 5.41) is 3.53. The molecule has 0 amide bonds. The number of pyridine rings is 1. The van der Waals surface area contributed by atoms with E-state index in [4.69, 9.17) is 17.3 Å². The molecule has 0 radical (unpaired) electrons. The average Bonchev–Trinajstić information content (AvgIpc) is 2.42. The van der Waals surface area contributed by atoms with Crippen molar-refractivity contribution in [3.05, 3.63) is 59.4 Å². The van der Waals surface area contributed by atoms with E-state index in [0.717, 1.165) is 17.7 Å². The van der Waals surface area contributed by atoms with Gasteiger partial charge in [-0.3, -0.25) is 4.99 Å². The van der Waals surface area contributed by atoms with Gasteiger partial charge in [0.15, 0.2) is 5.96 Å². The lowest BCUT2D eigenvalue weighted by molar-refractivity contribution is 0.955. The van der Waals surface area contributed by atoms with Crippen LogP contribution < -0.4 is 11.1 Å². The lowest BCUT2D eigenvalue weighted by atomic mass is 10.2. The number of nitrogens with two attached hydrogens (primary N) is 1. The zero-order valence-electron chi connectivity index (χ0n) is 10.4. The number of para-hydroxylation sites is 1. The number of hydrogen-bond acceptors (Lipinski definition) is 2. The van der Waals surface area contributed by atoms with Gasteiger partial charge in [-0.25, -0.2) is 4.98 Å². The predicted molar refractivity (Wildman–Crippen MR) is 79.5 cm³/mol. The second-order valence-corrected chi connectivity index (χ2v) is 4.38. The fourth-order valence-electron chi connectivity index (χ4n) is 1.57. The zero-order valence-corrected chi connectivity index (χ0v) is 11.1. The summed E-state index contributed by atoms with van der Waals surface area (Å²) in [4.78, 5) is 8.27. The Morgan fingerprint density at radius 2 is 2.00 bits per heavy atom. The molecule has 0 atom stereocenters. The summed E-state index contributed by atoms with van der Waals surface area (Å²) < 4.78 is 0. The van der Waals surface area contributed by atoms with Gasteiger partial charge < -0.3 is 11.1 Å². The fraction of sp³-hybridized carbons (Fsp3) is 0.143. The Kier molecular flexibility index (Phi) is 4.75. The molecule has 1 heterocycles. The van der Waals surface area contributed by atoms with E-state index in [0.29, 0.717) is 17.7 Å². The first-order chi connectivity index (χ1) is 9.24. The van der Waals surface area contributed by atoms with Crippen LogP contribution in [-0.2, 0) is 6.42 Å². The number of anilines is 1. The third kappa shape index (κ3) is 4.60. The molecule has 0 saturated carbocycles. The normalized spacial score (nSPS) is 11.3. The first kappa shape index (κ1) is 13.4. The van der Waals surface area contributed by atoms with Crippen molar-refractivity contribution < 1.29 is 0 Å². The molecular formula is C14H15ClN4. The summed E-state index contributed by atoms with van der Waals surface area (Å²) in [5.41, 5.74) is 7.81. The minimum Gasteiger partial charge on any atom is -0.370 e. The van der Waals surface area contributed by atoms with Gasteiger partial charge in [0.25, 0.3) is 0 Å². The van der Waals surface area contributed by atoms with Gasteiger partial charge in [-0.15, -0.1) is 0 Å². The third-order valence-electron chi connectivity index (χ3n) is 2.52. The highest BCUT2D eigenvalue weighted by atomic mass is 35.5. The molecule has 0 saturated heterocycles. The van der Waals surface area contributed by atoms with Crippen molar-refractivity contribution in [2.24, 2.45) is 10.7 Å².